The molecule has 82 valence electrons. The van der Waals surface area contributed by atoms with E-state index in [2.05, 4.69) is 5.32 Å². The summed E-state index contributed by atoms with van der Waals surface area (Å²) in [6.07, 6.45) is 0.635. The molecule has 15 heavy (non-hydrogen) atoms. The van der Waals surface area contributed by atoms with Gasteiger partial charge < -0.3 is 16.2 Å². The molecule has 0 saturated heterocycles. The molecule has 1 aromatic heterocycles. The van der Waals surface area contributed by atoms with Crippen LogP contribution in [0, 0.1) is 0 Å². The first-order valence-corrected chi connectivity index (χ1v) is 5.31. The van der Waals surface area contributed by atoms with Crippen LogP contribution >= 0.6 is 11.3 Å². The minimum Gasteiger partial charge on any atom is -0.396 e. The highest BCUT2D eigenvalue weighted by Crippen LogP contribution is 2.22. The Kier molecular flexibility index (Phi) is 4.26. The summed E-state index contributed by atoms with van der Waals surface area (Å²) in [6, 6.07) is 1.56. The van der Waals surface area contributed by atoms with E-state index >= 15 is 0 Å². The SMILES string of the molecule is NC(=O)c1ccsc1NC(=O)CCCO. The van der Waals surface area contributed by atoms with Crippen molar-refractivity contribution in [2.75, 3.05) is 11.9 Å². The zero-order valence-electron chi connectivity index (χ0n) is 8.03. The predicted molar refractivity (Wildman–Crippen MR) is 57.8 cm³/mol. The van der Waals surface area contributed by atoms with Crippen molar-refractivity contribution in [2.45, 2.75) is 12.8 Å². The summed E-state index contributed by atoms with van der Waals surface area (Å²) in [5.74, 6) is -0.789. The first-order valence-electron chi connectivity index (χ1n) is 4.43. The average Bonchev–Trinajstić information content (AvgIpc) is 2.62. The van der Waals surface area contributed by atoms with E-state index in [0.717, 1.165) is 0 Å². The summed E-state index contributed by atoms with van der Waals surface area (Å²) >= 11 is 1.24. The highest BCUT2D eigenvalue weighted by molar-refractivity contribution is 7.14. The molecule has 4 N–H and O–H groups in total. The normalized spacial score (nSPS) is 9.93. The first kappa shape index (κ1) is 11.7. The summed E-state index contributed by atoms with van der Waals surface area (Å²) in [4.78, 5) is 22.2. The monoisotopic (exact) mass is 228 g/mol. The summed E-state index contributed by atoms with van der Waals surface area (Å²) < 4.78 is 0. The third kappa shape index (κ3) is 3.34. The topological polar surface area (TPSA) is 92.4 Å². The Hall–Kier alpha value is -1.40. The number of aliphatic hydroxyl groups is 1. The van der Waals surface area contributed by atoms with Crippen LogP contribution < -0.4 is 11.1 Å². The average molecular weight is 228 g/mol. The number of nitrogens with two attached hydrogens (primary N) is 1. The molecule has 0 bridgehead atoms. The third-order valence-electron chi connectivity index (χ3n) is 1.75. The van der Waals surface area contributed by atoms with Crippen LogP contribution in [0.1, 0.15) is 23.2 Å². The Morgan fingerprint density at radius 3 is 2.87 bits per heavy atom. The van der Waals surface area contributed by atoms with Crippen LogP contribution in [0.15, 0.2) is 11.4 Å². The molecule has 0 aromatic carbocycles. The fourth-order valence-corrected chi connectivity index (χ4v) is 1.84. The smallest absolute Gasteiger partial charge is 0.251 e. The van der Waals surface area contributed by atoms with Crippen molar-refractivity contribution in [1.29, 1.82) is 0 Å². The molecule has 0 aliphatic carbocycles. The van der Waals surface area contributed by atoms with Crippen molar-refractivity contribution in [3.63, 3.8) is 0 Å². The van der Waals surface area contributed by atoms with Crippen molar-refractivity contribution < 1.29 is 14.7 Å². The molecule has 0 fully saturated rings. The van der Waals surface area contributed by atoms with Crippen molar-refractivity contribution in [2.24, 2.45) is 5.73 Å². The lowest BCUT2D eigenvalue weighted by atomic mass is 10.3. The maximum atomic E-state index is 11.3. The zero-order chi connectivity index (χ0) is 11.3. The Morgan fingerprint density at radius 2 is 2.27 bits per heavy atom. The largest absolute Gasteiger partial charge is 0.396 e. The van der Waals surface area contributed by atoms with Gasteiger partial charge in [0.1, 0.15) is 5.00 Å². The number of primary amides is 1. The zero-order valence-corrected chi connectivity index (χ0v) is 8.84. The molecule has 0 radical (unpaired) electrons. The molecule has 6 heteroatoms. The number of amides is 2. The Labute approximate surface area is 90.9 Å². The lowest BCUT2D eigenvalue weighted by molar-refractivity contribution is -0.116. The molecule has 1 heterocycles. The molecular weight excluding hydrogens is 216 g/mol. The van der Waals surface area contributed by atoms with Crippen molar-refractivity contribution in [3.8, 4) is 0 Å². The number of hydrogen-bond acceptors (Lipinski definition) is 4. The van der Waals surface area contributed by atoms with E-state index in [0.29, 0.717) is 17.0 Å². The van der Waals surface area contributed by atoms with E-state index in [1.165, 1.54) is 11.3 Å². The second-order valence-electron chi connectivity index (χ2n) is 2.90. The van der Waals surface area contributed by atoms with E-state index in [-0.39, 0.29) is 18.9 Å². The van der Waals surface area contributed by atoms with Crippen LogP contribution in [0.4, 0.5) is 5.00 Å². The quantitative estimate of drug-likeness (QED) is 0.687. The molecule has 0 aliphatic heterocycles. The van der Waals surface area contributed by atoms with Gasteiger partial charge in [-0.25, -0.2) is 0 Å². The van der Waals surface area contributed by atoms with E-state index in [1.54, 1.807) is 11.4 Å². The number of hydrogen-bond donors (Lipinski definition) is 3. The van der Waals surface area contributed by atoms with Crippen LogP contribution in [0.25, 0.3) is 0 Å². The minimum atomic E-state index is -0.561. The summed E-state index contributed by atoms with van der Waals surface area (Å²) in [5, 5.41) is 13.3. The maximum Gasteiger partial charge on any atom is 0.251 e. The Morgan fingerprint density at radius 1 is 1.53 bits per heavy atom. The van der Waals surface area contributed by atoms with Crippen molar-refractivity contribution in [3.05, 3.63) is 17.0 Å². The van der Waals surface area contributed by atoms with E-state index in [4.69, 9.17) is 10.8 Å². The molecule has 1 rings (SSSR count). The fourth-order valence-electron chi connectivity index (χ4n) is 1.03. The van der Waals surface area contributed by atoms with Gasteiger partial charge in [0.2, 0.25) is 5.91 Å². The number of nitrogens with one attached hydrogen (secondary N) is 1. The minimum absolute atomic E-state index is 0.0272. The maximum absolute atomic E-state index is 11.3. The number of thiophene rings is 1. The number of carbonyl (C=O) groups is 2. The molecule has 0 atom stereocenters. The van der Waals surface area contributed by atoms with E-state index < -0.39 is 5.91 Å². The third-order valence-corrected chi connectivity index (χ3v) is 2.58. The number of anilines is 1. The van der Waals surface area contributed by atoms with Gasteiger partial charge in [-0.05, 0) is 17.9 Å². The van der Waals surface area contributed by atoms with E-state index in [9.17, 15) is 9.59 Å². The predicted octanol–water partition coefficient (Wildman–Crippen LogP) is 0.558. The first-order chi connectivity index (χ1) is 7.15. The molecule has 0 saturated carbocycles. The van der Waals surface area contributed by atoms with Crippen molar-refractivity contribution in [1.82, 2.24) is 0 Å². The van der Waals surface area contributed by atoms with Gasteiger partial charge in [0.05, 0.1) is 5.56 Å². The van der Waals surface area contributed by atoms with Crippen LogP contribution in [0.3, 0.4) is 0 Å². The number of aliphatic hydroxyl groups excluding tert-OH is 1. The molecule has 0 unspecified atom stereocenters. The Balaban J connectivity index is 2.60. The van der Waals surface area contributed by atoms with Gasteiger partial charge in [0.15, 0.2) is 0 Å². The molecule has 5 nitrogen and oxygen atoms in total. The molecular formula is C9H12N2O3S. The van der Waals surface area contributed by atoms with Crippen LogP contribution in [-0.4, -0.2) is 23.5 Å². The fraction of sp³-hybridized carbons (Fsp3) is 0.333. The Bertz CT molecular complexity index is 362. The van der Waals surface area contributed by atoms with Crippen LogP contribution in [0.5, 0.6) is 0 Å². The van der Waals surface area contributed by atoms with Crippen molar-refractivity contribution >= 4 is 28.2 Å². The van der Waals surface area contributed by atoms with Gasteiger partial charge in [-0.15, -0.1) is 11.3 Å². The van der Waals surface area contributed by atoms with Gasteiger partial charge in [-0.2, -0.15) is 0 Å². The number of carbonyl (C=O) groups excluding carboxylic acids is 2. The molecule has 1 aromatic rings. The second-order valence-corrected chi connectivity index (χ2v) is 3.82. The van der Waals surface area contributed by atoms with E-state index in [1.807, 2.05) is 0 Å². The van der Waals surface area contributed by atoms with Crippen LogP contribution in [0.2, 0.25) is 0 Å². The standard InChI is InChI=1S/C9H12N2O3S/c10-8(14)6-3-5-15-9(6)11-7(13)2-1-4-12/h3,5,12H,1-2,4H2,(H2,10,14)(H,11,13). The summed E-state index contributed by atoms with van der Waals surface area (Å²) in [7, 11) is 0. The van der Waals surface area contributed by atoms with Gasteiger partial charge in [0.25, 0.3) is 5.91 Å². The van der Waals surface area contributed by atoms with Gasteiger partial charge >= 0.3 is 0 Å². The van der Waals surface area contributed by atoms with Gasteiger partial charge in [-0.1, -0.05) is 0 Å². The highest BCUT2D eigenvalue weighted by Gasteiger charge is 2.11. The molecule has 2 amide bonds. The lowest BCUT2D eigenvalue weighted by Gasteiger charge is -2.03. The summed E-state index contributed by atoms with van der Waals surface area (Å²) in [5.41, 5.74) is 5.43. The van der Waals surface area contributed by atoms with Gasteiger partial charge in [0, 0.05) is 13.0 Å². The molecule has 0 spiro atoms. The lowest BCUT2D eigenvalue weighted by Crippen LogP contribution is -2.16. The summed E-state index contributed by atoms with van der Waals surface area (Å²) in [6.45, 7) is -0.0272. The van der Waals surface area contributed by atoms with Crippen LogP contribution in [-0.2, 0) is 4.79 Å². The highest BCUT2D eigenvalue weighted by atomic mass is 32.1. The molecule has 0 aliphatic rings. The van der Waals surface area contributed by atoms with Gasteiger partial charge in [-0.3, -0.25) is 9.59 Å². The second kappa shape index (κ2) is 5.47. The number of rotatable bonds is 5.